The summed E-state index contributed by atoms with van der Waals surface area (Å²) in [6.45, 7) is 1.46. The lowest BCUT2D eigenvalue weighted by Gasteiger charge is -2.02. The maximum atomic E-state index is 11.7. The highest BCUT2D eigenvalue weighted by molar-refractivity contribution is 7.16. The van der Waals surface area contributed by atoms with Crippen molar-refractivity contribution in [2.24, 2.45) is 0 Å². The second kappa shape index (κ2) is 4.81. The maximum absolute atomic E-state index is 11.7. The number of thiophene rings is 1. The first-order valence-electron chi connectivity index (χ1n) is 3.89. The van der Waals surface area contributed by atoms with Crippen LogP contribution >= 0.6 is 11.3 Å². The van der Waals surface area contributed by atoms with E-state index >= 15 is 0 Å². The first-order chi connectivity index (χ1) is 6.22. The van der Waals surface area contributed by atoms with E-state index < -0.39 is 6.67 Å². The molecule has 0 aromatic carbocycles. The third-order valence-electron chi connectivity index (χ3n) is 1.36. The largest absolute Gasteiger partial charge is 0.335 e. The highest BCUT2D eigenvalue weighted by atomic mass is 32.1. The molecule has 0 aliphatic heterocycles. The molecule has 1 heterocycles. The topological polar surface area (TPSA) is 41.1 Å². The molecule has 0 saturated heterocycles. The summed E-state index contributed by atoms with van der Waals surface area (Å²) in [6, 6.07) is 3.37. The number of hydrogen-bond acceptors (Lipinski definition) is 2. The third kappa shape index (κ3) is 3.42. The van der Waals surface area contributed by atoms with Crippen molar-refractivity contribution < 1.29 is 9.18 Å². The number of urea groups is 1. The number of rotatable bonds is 3. The van der Waals surface area contributed by atoms with Crippen LogP contribution in [0.15, 0.2) is 12.1 Å². The van der Waals surface area contributed by atoms with Crippen LogP contribution in [0.3, 0.4) is 0 Å². The molecule has 5 heteroatoms. The molecule has 2 N–H and O–H groups in total. The molecule has 0 bridgehead atoms. The molecule has 0 fully saturated rings. The van der Waals surface area contributed by atoms with Crippen molar-refractivity contribution in [3.63, 3.8) is 0 Å². The Hall–Kier alpha value is -1.10. The normalized spacial score (nSPS) is 9.69. The van der Waals surface area contributed by atoms with E-state index in [4.69, 9.17) is 0 Å². The monoisotopic (exact) mass is 202 g/mol. The number of carbonyl (C=O) groups excluding carboxylic acids is 1. The fraction of sp³-hybridized carbons (Fsp3) is 0.375. The molecule has 0 unspecified atom stereocenters. The van der Waals surface area contributed by atoms with Crippen LogP contribution in [-0.4, -0.2) is 19.3 Å². The van der Waals surface area contributed by atoms with E-state index in [0.717, 1.165) is 9.88 Å². The zero-order chi connectivity index (χ0) is 9.68. The van der Waals surface area contributed by atoms with Crippen molar-refractivity contribution in [2.45, 2.75) is 6.92 Å². The lowest BCUT2D eigenvalue weighted by molar-refractivity contribution is 0.251. The molecule has 72 valence electrons. The summed E-state index contributed by atoms with van der Waals surface area (Å²) < 4.78 is 11.7. The zero-order valence-corrected chi connectivity index (χ0v) is 8.08. The SMILES string of the molecule is Cc1ccc(NC(=O)NCCF)s1. The molecular formula is C8H11FN2OS. The average Bonchev–Trinajstić information content (AvgIpc) is 2.48. The number of anilines is 1. The number of alkyl halides is 1. The van der Waals surface area contributed by atoms with E-state index in [1.54, 1.807) is 0 Å². The number of aryl methyl sites for hydroxylation is 1. The van der Waals surface area contributed by atoms with Gasteiger partial charge in [0.15, 0.2) is 0 Å². The Kier molecular flexibility index (Phi) is 3.70. The highest BCUT2D eigenvalue weighted by Gasteiger charge is 2.01. The van der Waals surface area contributed by atoms with E-state index in [-0.39, 0.29) is 12.6 Å². The Balaban J connectivity index is 2.36. The molecule has 0 spiro atoms. The molecule has 1 aromatic rings. The predicted molar refractivity (Wildman–Crippen MR) is 52.1 cm³/mol. The molecule has 0 aliphatic carbocycles. The molecule has 3 nitrogen and oxygen atoms in total. The quantitative estimate of drug-likeness (QED) is 0.774. The number of halogens is 1. The number of carbonyl (C=O) groups is 1. The molecule has 1 rings (SSSR count). The van der Waals surface area contributed by atoms with Crippen molar-refractivity contribution in [1.29, 1.82) is 0 Å². The highest BCUT2D eigenvalue weighted by Crippen LogP contribution is 2.20. The minimum absolute atomic E-state index is 0.0518. The maximum Gasteiger partial charge on any atom is 0.319 e. The van der Waals surface area contributed by atoms with Gasteiger partial charge in [0.25, 0.3) is 0 Å². The molecular weight excluding hydrogens is 191 g/mol. The molecule has 0 radical (unpaired) electrons. The van der Waals surface area contributed by atoms with Gasteiger partial charge in [-0.25, -0.2) is 9.18 Å². The van der Waals surface area contributed by atoms with E-state index in [9.17, 15) is 9.18 Å². The average molecular weight is 202 g/mol. The van der Waals surface area contributed by atoms with Crippen LogP contribution in [0.25, 0.3) is 0 Å². The summed E-state index contributed by atoms with van der Waals surface area (Å²) in [7, 11) is 0. The fourth-order valence-corrected chi connectivity index (χ4v) is 1.58. The Bertz CT molecular complexity index is 287. The summed E-state index contributed by atoms with van der Waals surface area (Å²) >= 11 is 1.48. The fourth-order valence-electron chi connectivity index (χ4n) is 0.819. The van der Waals surface area contributed by atoms with Crippen LogP contribution in [0.4, 0.5) is 14.2 Å². The van der Waals surface area contributed by atoms with Gasteiger partial charge in [0, 0.05) is 11.4 Å². The third-order valence-corrected chi connectivity index (χ3v) is 2.27. The van der Waals surface area contributed by atoms with Gasteiger partial charge in [0.05, 0.1) is 5.00 Å². The first-order valence-corrected chi connectivity index (χ1v) is 4.71. The standard InChI is InChI=1S/C8H11FN2OS/c1-6-2-3-7(13-6)11-8(12)10-5-4-9/h2-3H,4-5H2,1H3,(H2,10,11,12). The van der Waals surface area contributed by atoms with Crippen molar-refractivity contribution in [3.05, 3.63) is 17.0 Å². The molecule has 0 aliphatic rings. The van der Waals surface area contributed by atoms with Crippen molar-refractivity contribution >= 4 is 22.4 Å². The number of nitrogens with one attached hydrogen (secondary N) is 2. The van der Waals surface area contributed by atoms with Gasteiger partial charge >= 0.3 is 6.03 Å². The minimum atomic E-state index is -0.545. The summed E-state index contributed by atoms with van der Waals surface area (Å²) in [6.07, 6.45) is 0. The molecule has 1 aromatic heterocycles. The number of amides is 2. The predicted octanol–water partition coefficient (Wildman–Crippen LogP) is 2.15. The van der Waals surface area contributed by atoms with Crippen LogP contribution in [0.1, 0.15) is 4.88 Å². The van der Waals surface area contributed by atoms with E-state index in [0.29, 0.717) is 0 Å². The Morgan fingerprint density at radius 3 is 2.92 bits per heavy atom. The molecule has 0 saturated carbocycles. The Morgan fingerprint density at radius 1 is 1.62 bits per heavy atom. The van der Waals surface area contributed by atoms with Gasteiger partial charge in [-0.3, -0.25) is 5.32 Å². The lowest BCUT2D eigenvalue weighted by atomic mass is 10.5. The Labute approximate surface area is 80.0 Å². The van der Waals surface area contributed by atoms with Gasteiger partial charge < -0.3 is 5.32 Å². The lowest BCUT2D eigenvalue weighted by Crippen LogP contribution is -2.29. The summed E-state index contributed by atoms with van der Waals surface area (Å²) in [5, 5.41) is 5.74. The van der Waals surface area contributed by atoms with Crippen LogP contribution in [0.5, 0.6) is 0 Å². The van der Waals surface area contributed by atoms with Gasteiger partial charge in [0.2, 0.25) is 0 Å². The summed E-state index contributed by atoms with van der Waals surface area (Å²) in [4.78, 5) is 12.1. The minimum Gasteiger partial charge on any atom is -0.335 e. The smallest absolute Gasteiger partial charge is 0.319 e. The van der Waals surface area contributed by atoms with Crippen molar-refractivity contribution in [2.75, 3.05) is 18.5 Å². The van der Waals surface area contributed by atoms with E-state index in [1.165, 1.54) is 11.3 Å². The molecule has 2 amide bonds. The van der Waals surface area contributed by atoms with Crippen LogP contribution in [0.2, 0.25) is 0 Å². The van der Waals surface area contributed by atoms with Crippen LogP contribution in [0, 0.1) is 6.92 Å². The van der Waals surface area contributed by atoms with Crippen molar-refractivity contribution in [3.8, 4) is 0 Å². The van der Waals surface area contributed by atoms with Crippen molar-refractivity contribution in [1.82, 2.24) is 5.32 Å². The summed E-state index contributed by atoms with van der Waals surface area (Å²) in [5.74, 6) is 0. The van der Waals surface area contributed by atoms with Crippen LogP contribution in [-0.2, 0) is 0 Å². The van der Waals surface area contributed by atoms with E-state index in [2.05, 4.69) is 10.6 Å². The first kappa shape index (κ1) is 9.98. The molecule has 0 atom stereocenters. The second-order valence-corrected chi connectivity index (χ2v) is 3.77. The van der Waals surface area contributed by atoms with Gasteiger partial charge in [0.1, 0.15) is 6.67 Å². The van der Waals surface area contributed by atoms with Gasteiger partial charge in [-0.15, -0.1) is 11.3 Å². The molecule has 13 heavy (non-hydrogen) atoms. The van der Waals surface area contributed by atoms with Gasteiger partial charge in [-0.1, -0.05) is 0 Å². The summed E-state index contributed by atoms with van der Waals surface area (Å²) in [5.41, 5.74) is 0. The van der Waals surface area contributed by atoms with Gasteiger partial charge in [-0.2, -0.15) is 0 Å². The zero-order valence-electron chi connectivity index (χ0n) is 7.26. The number of hydrogen-bond donors (Lipinski definition) is 2. The van der Waals surface area contributed by atoms with Gasteiger partial charge in [-0.05, 0) is 19.1 Å². The second-order valence-electron chi connectivity index (χ2n) is 2.48. The van der Waals surface area contributed by atoms with E-state index in [1.807, 2.05) is 19.1 Å². The van der Waals surface area contributed by atoms with Crippen LogP contribution < -0.4 is 10.6 Å². The Morgan fingerprint density at radius 2 is 2.38 bits per heavy atom.